The van der Waals surface area contributed by atoms with Gasteiger partial charge >= 0.3 is 0 Å². The number of hydrogen-bond donors (Lipinski definition) is 0. The first-order valence-electron chi connectivity index (χ1n) is 7.57. The van der Waals surface area contributed by atoms with Crippen LogP contribution in [0.2, 0.25) is 5.02 Å². The number of fused-ring (bicyclic) bond motifs is 1. The van der Waals surface area contributed by atoms with Crippen molar-refractivity contribution in [1.82, 2.24) is 9.55 Å². The van der Waals surface area contributed by atoms with Crippen LogP contribution in [-0.2, 0) is 6.54 Å². The smallest absolute Gasteiger partial charge is 0.230 e. The Labute approximate surface area is 148 Å². The fraction of sp³-hybridized carbons (Fsp3) is 0.0526. The molecule has 0 N–H and O–H groups in total. The standard InChI is InChI=1S/C19H14ClN3S/c20-15-9-7-14(8-10-15)13-23-18-6-2-1-5-17(18)22-19(23)21-12-16-4-3-11-24-16/h1-12H,13H2. The van der Waals surface area contributed by atoms with Gasteiger partial charge in [0.25, 0.3) is 0 Å². The highest BCUT2D eigenvalue weighted by atomic mass is 35.5. The zero-order valence-electron chi connectivity index (χ0n) is 12.8. The summed E-state index contributed by atoms with van der Waals surface area (Å²) in [6, 6.07) is 20.0. The molecule has 0 unspecified atom stereocenters. The van der Waals surface area contributed by atoms with Crippen LogP contribution in [-0.4, -0.2) is 15.8 Å². The molecule has 4 aromatic rings. The minimum absolute atomic E-state index is 0.703. The van der Waals surface area contributed by atoms with Gasteiger partial charge in [-0.05, 0) is 41.3 Å². The molecule has 4 rings (SSSR count). The molecule has 0 aliphatic rings. The number of halogens is 1. The number of thiophene rings is 1. The van der Waals surface area contributed by atoms with E-state index in [2.05, 4.69) is 20.6 Å². The zero-order chi connectivity index (χ0) is 16.4. The van der Waals surface area contributed by atoms with Crippen LogP contribution >= 0.6 is 22.9 Å². The van der Waals surface area contributed by atoms with Crippen molar-refractivity contribution in [2.45, 2.75) is 6.54 Å². The Morgan fingerprint density at radius 2 is 1.88 bits per heavy atom. The van der Waals surface area contributed by atoms with E-state index in [0.29, 0.717) is 12.5 Å². The fourth-order valence-corrected chi connectivity index (χ4v) is 3.29. The van der Waals surface area contributed by atoms with E-state index < -0.39 is 0 Å². The molecule has 2 heterocycles. The van der Waals surface area contributed by atoms with Crippen LogP contribution in [0.3, 0.4) is 0 Å². The van der Waals surface area contributed by atoms with Crippen LogP contribution < -0.4 is 0 Å². The first-order chi connectivity index (χ1) is 11.8. The molecule has 2 aromatic heterocycles. The van der Waals surface area contributed by atoms with Crippen molar-refractivity contribution in [1.29, 1.82) is 0 Å². The van der Waals surface area contributed by atoms with Gasteiger partial charge in [-0.2, -0.15) is 0 Å². The summed E-state index contributed by atoms with van der Waals surface area (Å²) in [7, 11) is 0. The van der Waals surface area contributed by atoms with Crippen molar-refractivity contribution >= 4 is 46.1 Å². The summed E-state index contributed by atoms with van der Waals surface area (Å²) < 4.78 is 2.13. The van der Waals surface area contributed by atoms with Crippen molar-refractivity contribution in [2.75, 3.05) is 0 Å². The normalized spacial score (nSPS) is 11.5. The summed E-state index contributed by atoms with van der Waals surface area (Å²) in [6.07, 6.45) is 1.87. The molecule has 0 saturated carbocycles. The molecule has 3 nitrogen and oxygen atoms in total. The van der Waals surface area contributed by atoms with Gasteiger partial charge in [0.2, 0.25) is 5.95 Å². The third kappa shape index (κ3) is 3.11. The predicted octanol–water partition coefficient (Wildman–Crippen LogP) is 5.55. The summed E-state index contributed by atoms with van der Waals surface area (Å²) in [6.45, 7) is 0.703. The van der Waals surface area contributed by atoms with Gasteiger partial charge in [0.15, 0.2) is 0 Å². The second kappa shape index (κ2) is 6.59. The first-order valence-corrected chi connectivity index (χ1v) is 8.83. The van der Waals surface area contributed by atoms with Gasteiger partial charge in [0.05, 0.1) is 17.6 Å². The average molecular weight is 352 g/mol. The minimum Gasteiger partial charge on any atom is -0.304 e. The average Bonchev–Trinajstić information content (AvgIpc) is 3.23. The number of aliphatic imine (C=N–C) groups is 1. The van der Waals surface area contributed by atoms with Crippen molar-refractivity contribution < 1.29 is 0 Å². The van der Waals surface area contributed by atoms with E-state index in [1.54, 1.807) is 11.3 Å². The van der Waals surface area contributed by atoms with E-state index in [1.165, 1.54) is 0 Å². The van der Waals surface area contributed by atoms with Gasteiger partial charge in [0, 0.05) is 16.1 Å². The van der Waals surface area contributed by atoms with Gasteiger partial charge < -0.3 is 4.57 Å². The minimum atomic E-state index is 0.703. The molecule has 0 aliphatic heterocycles. The fourth-order valence-electron chi connectivity index (χ4n) is 2.58. The topological polar surface area (TPSA) is 30.2 Å². The summed E-state index contributed by atoms with van der Waals surface area (Å²) >= 11 is 7.64. The lowest BCUT2D eigenvalue weighted by atomic mass is 10.2. The summed E-state index contributed by atoms with van der Waals surface area (Å²) in [4.78, 5) is 10.4. The second-order valence-electron chi connectivity index (χ2n) is 5.39. The van der Waals surface area contributed by atoms with Crippen LogP contribution in [0.5, 0.6) is 0 Å². The molecule has 0 saturated heterocycles. The van der Waals surface area contributed by atoms with Crippen LogP contribution in [0.15, 0.2) is 71.0 Å². The van der Waals surface area contributed by atoms with E-state index in [-0.39, 0.29) is 0 Å². The van der Waals surface area contributed by atoms with Crippen LogP contribution in [0.1, 0.15) is 10.4 Å². The third-order valence-electron chi connectivity index (χ3n) is 3.74. The summed E-state index contributed by atoms with van der Waals surface area (Å²) in [5, 5.41) is 2.78. The molecule has 24 heavy (non-hydrogen) atoms. The second-order valence-corrected chi connectivity index (χ2v) is 6.80. The van der Waals surface area contributed by atoms with E-state index in [0.717, 1.165) is 26.5 Å². The zero-order valence-corrected chi connectivity index (χ0v) is 14.3. The van der Waals surface area contributed by atoms with Crippen LogP contribution in [0.4, 0.5) is 5.95 Å². The highest BCUT2D eigenvalue weighted by molar-refractivity contribution is 7.11. The molecular weight excluding hydrogens is 338 g/mol. The number of rotatable bonds is 4. The Kier molecular flexibility index (Phi) is 4.15. The molecule has 0 fully saturated rings. The molecule has 118 valence electrons. The van der Waals surface area contributed by atoms with Gasteiger partial charge in [0.1, 0.15) is 0 Å². The maximum atomic E-state index is 5.99. The number of para-hydroxylation sites is 2. The molecule has 0 radical (unpaired) electrons. The first kappa shape index (κ1) is 15.1. The molecule has 2 aromatic carbocycles. The van der Waals surface area contributed by atoms with Crippen molar-refractivity contribution in [3.8, 4) is 0 Å². The van der Waals surface area contributed by atoms with E-state index in [1.807, 2.05) is 66.2 Å². The molecule has 0 spiro atoms. The quantitative estimate of drug-likeness (QED) is 0.443. The number of hydrogen-bond acceptors (Lipinski definition) is 3. The van der Waals surface area contributed by atoms with Gasteiger partial charge in [-0.1, -0.05) is 41.9 Å². The van der Waals surface area contributed by atoms with Crippen LogP contribution in [0.25, 0.3) is 11.0 Å². The van der Waals surface area contributed by atoms with Gasteiger partial charge in [-0.15, -0.1) is 11.3 Å². The monoisotopic (exact) mass is 351 g/mol. The molecular formula is C19H14ClN3S. The lowest BCUT2D eigenvalue weighted by molar-refractivity contribution is 0.827. The SMILES string of the molecule is Clc1ccc(Cn2c(N=Cc3cccs3)nc3ccccc32)cc1. The Morgan fingerprint density at radius 3 is 2.67 bits per heavy atom. The largest absolute Gasteiger partial charge is 0.304 e. The highest BCUT2D eigenvalue weighted by Crippen LogP contribution is 2.24. The van der Waals surface area contributed by atoms with E-state index in [9.17, 15) is 0 Å². The molecule has 0 bridgehead atoms. The van der Waals surface area contributed by atoms with Crippen LogP contribution in [0, 0.1) is 0 Å². The van der Waals surface area contributed by atoms with E-state index >= 15 is 0 Å². The van der Waals surface area contributed by atoms with Crippen molar-refractivity contribution in [3.63, 3.8) is 0 Å². The maximum absolute atomic E-state index is 5.99. The molecule has 0 atom stereocenters. The third-order valence-corrected chi connectivity index (χ3v) is 4.80. The Bertz CT molecular complexity index is 985. The lowest BCUT2D eigenvalue weighted by Crippen LogP contribution is -1.99. The highest BCUT2D eigenvalue weighted by Gasteiger charge is 2.10. The van der Waals surface area contributed by atoms with Crippen molar-refractivity contribution in [3.05, 3.63) is 81.5 Å². The maximum Gasteiger partial charge on any atom is 0.230 e. The molecule has 5 heteroatoms. The van der Waals surface area contributed by atoms with Crippen molar-refractivity contribution in [2.24, 2.45) is 4.99 Å². The number of nitrogens with zero attached hydrogens (tertiary/aromatic N) is 3. The molecule has 0 amide bonds. The Morgan fingerprint density at radius 1 is 1.04 bits per heavy atom. The molecule has 0 aliphatic carbocycles. The number of benzene rings is 2. The Hall–Kier alpha value is -2.43. The Balaban J connectivity index is 1.76. The van der Waals surface area contributed by atoms with Gasteiger partial charge in [-0.25, -0.2) is 9.98 Å². The number of aromatic nitrogens is 2. The van der Waals surface area contributed by atoms with Gasteiger partial charge in [-0.3, -0.25) is 0 Å². The van der Waals surface area contributed by atoms with E-state index in [4.69, 9.17) is 11.6 Å². The lowest BCUT2D eigenvalue weighted by Gasteiger charge is -2.07. The predicted molar refractivity (Wildman–Crippen MR) is 102 cm³/mol. The summed E-state index contributed by atoms with van der Waals surface area (Å²) in [5.41, 5.74) is 3.19. The number of imidazole rings is 1. The summed E-state index contributed by atoms with van der Waals surface area (Å²) in [5.74, 6) is 0.708.